The van der Waals surface area contributed by atoms with Gasteiger partial charge in [0.2, 0.25) is 5.91 Å². The van der Waals surface area contributed by atoms with Crippen molar-refractivity contribution in [2.24, 2.45) is 0 Å². The Morgan fingerprint density at radius 2 is 1.54 bits per heavy atom. The number of aromatic nitrogens is 2. The summed E-state index contributed by atoms with van der Waals surface area (Å²) in [6.45, 7) is 1.25. The molecular formula is C22H24N4O2. The number of nitrogens with zero attached hydrogens (tertiary/aromatic N) is 4. The van der Waals surface area contributed by atoms with Crippen LogP contribution < -0.4 is 0 Å². The molecule has 2 aromatic rings. The van der Waals surface area contributed by atoms with E-state index in [9.17, 15) is 9.59 Å². The molecule has 0 radical (unpaired) electrons. The summed E-state index contributed by atoms with van der Waals surface area (Å²) in [6.07, 6.45) is 7.31. The Bertz CT molecular complexity index is 828. The highest BCUT2D eigenvalue weighted by atomic mass is 16.2. The first-order chi connectivity index (χ1) is 13.5. The zero-order chi connectivity index (χ0) is 19.9. The second-order valence-corrected chi connectivity index (χ2v) is 6.98. The highest BCUT2D eigenvalue weighted by molar-refractivity contribution is 6.15. The summed E-state index contributed by atoms with van der Waals surface area (Å²) >= 11 is 0. The molecule has 1 aliphatic heterocycles. The number of hydrogen-bond acceptors (Lipinski definition) is 5. The van der Waals surface area contributed by atoms with Gasteiger partial charge in [-0.05, 0) is 50.5 Å². The number of carbonyl (C=O) groups excluding carboxylic acids is 2. The van der Waals surface area contributed by atoms with Crippen LogP contribution in [-0.4, -0.2) is 65.2 Å². The van der Waals surface area contributed by atoms with E-state index in [0.29, 0.717) is 48.6 Å². The number of Topliss-reactive ketones (excluding diaryl/α,β-unsaturated/α-hetero) is 1. The van der Waals surface area contributed by atoms with Gasteiger partial charge in [-0.2, -0.15) is 0 Å². The molecule has 0 N–H and O–H groups in total. The second-order valence-electron chi connectivity index (χ2n) is 6.98. The zero-order valence-corrected chi connectivity index (χ0v) is 16.2. The van der Waals surface area contributed by atoms with Gasteiger partial charge in [0.15, 0.2) is 5.78 Å². The number of ketones is 1. The van der Waals surface area contributed by atoms with E-state index in [0.717, 1.165) is 0 Å². The quantitative estimate of drug-likeness (QED) is 0.749. The lowest BCUT2D eigenvalue weighted by Crippen LogP contribution is -2.42. The van der Waals surface area contributed by atoms with Crippen LogP contribution in [0, 0.1) is 0 Å². The smallest absolute Gasteiger partial charge is 0.224 e. The molecule has 0 bridgehead atoms. The maximum absolute atomic E-state index is 13.0. The van der Waals surface area contributed by atoms with E-state index in [2.05, 4.69) is 9.97 Å². The first-order valence-corrected chi connectivity index (χ1v) is 9.23. The van der Waals surface area contributed by atoms with Gasteiger partial charge in [-0.1, -0.05) is 12.1 Å². The lowest BCUT2D eigenvalue weighted by atomic mass is 9.95. The van der Waals surface area contributed by atoms with Crippen LogP contribution >= 0.6 is 0 Å². The topological polar surface area (TPSA) is 66.4 Å². The van der Waals surface area contributed by atoms with Gasteiger partial charge in [-0.3, -0.25) is 19.6 Å². The third kappa shape index (κ3) is 5.20. The van der Waals surface area contributed by atoms with Gasteiger partial charge in [0.1, 0.15) is 0 Å². The molecule has 1 saturated heterocycles. The summed E-state index contributed by atoms with van der Waals surface area (Å²) < 4.78 is 0. The van der Waals surface area contributed by atoms with Crippen molar-refractivity contribution < 1.29 is 9.59 Å². The van der Waals surface area contributed by atoms with E-state index < -0.39 is 0 Å². The Hall–Kier alpha value is -3.12. The monoisotopic (exact) mass is 376 g/mol. The fourth-order valence-corrected chi connectivity index (χ4v) is 2.97. The van der Waals surface area contributed by atoms with Crippen LogP contribution in [0.15, 0.2) is 59.9 Å². The highest BCUT2D eigenvalue weighted by Gasteiger charge is 2.29. The van der Waals surface area contributed by atoms with Crippen molar-refractivity contribution in [3.8, 4) is 0 Å². The van der Waals surface area contributed by atoms with Crippen LogP contribution in [0.4, 0.5) is 0 Å². The SMILES string of the molecule is CN(C)CCC(=O)N1C/C(=C\c2ccccn2)C(=O)/C(=C/c2ccccn2)C1. The lowest BCUT2D eigenvalue weighted by Gasteiger charge is -2.30. The number of pyridine rings is 2. The molecule has 2 aromatic heterocycles. The van der Waals surface area contributed by atoms with E-state index >= 15 is 0 Å². The third-order valence-corrected chi connectivity index (χ3v) is 4.45. The Labute approximate surface area is 165 Å². The Morgan fingerprint density at radius 3 is 1.96 bits per heavy atom. The van der Waals surface area contributed by atoms with E-state index in [1.807, 2.05) is 55.4 Å². The minimum Gasteiger partial charge on any atom is -0.334 e. The van der Waals surface area contributed by atoms with E-state index in [-0.39, 0.29) is 11.7 Å². The van der Waals surface area contributed by atoms with Crippen LogP contribution in [0.3, 0.4) is 0 Å². The number of rotatable bonds is 5. The molecule has 144 valence electrons. The summed E-state index contributed by atoms with van der Waals surface area (Å²) in [7, 11) is 3.87. The summed E-state index contributed by atoms with van der Waals surface area (Å²) in [4.78, 5) is 38.0. The van der Waals surface area contributed by atoms with Gasteiger partial charge < -0.3 is 9.80 Å². The van der Waals surface area contributed by atoms with Crippen molar-refractivity contribution >= 4 is 23.8 Å². The Balaban J connectivity index is 1.91. The molecule has 3 heterocycles. The average molecular weight is 376 g/mol. The van der Waals surface area contributed by atoms with Gasteiger partial charge in [0, 0.05) is 49.6 Å². The first kappa shape index (κ1) is 19.6. The average Bonchev–Trinajstić information content (AvgIpc) is 2.70. The maximum atomic E-state index is 13.0. The van der Waals surface area contributed by atoms with Crippen LogP contribution in [0.1, 0.15) is 17.8 Å². The van der Waals surface area contributed by atoms with Crippen LogP contribution in [0.25, 0.3) is 12.2 Å². The summed E-state index contributed by atoms with van der Waals surface area (Å²) in [6, 6.07) is 11.1. The van der Waals surface area contributed by atoms with Crippen molar-refractivity contribution in [1.29, 1.82) is 0 Å². The van der Waals surface area contributed by atoms with Crippen LogP contribution in [0.5, 0.6) is 0 Å². The van der Waals surface area contributed by atoms with Gasteiger partial charge in [0.05, 0.1) is 11.4 Å². The van der Waals surface area contributed by atoms with Crippen LogP contribution in [0.2, 0.25) is 0 Å². The number of carbonyl (C=O) groups is 2. The van der Waals surface area contributed by atoms with Crippen molar-refractivity contribution in [2.75, 3.05) is 33.7 Å². The van der Waals surface area contributed by atoms with E-state index in [1.165, 1.54) is 0 Å². The molecule has 0 saturated carbocycles. The molecule has 1 fully saturated rings. The molecule has 6 nitrogen and oxygen atoms in total. The van der Waals surface area contributed by atoms with Gasteiger partial charge in [-0.15, -0.1) is 0 Å². The molecule has 1 aliphatic rings. The minimum absolute atomic E-state index is 0.0278. The Kier molecular flexibility index (Phi) is 6.45. The maximum Gasteiger partial charge on any atom is 0.224 e. The predicted molar refractivity (Wildman–Crippen MR) is 109 cm³/mol. The fourth-order valence-electron chi connectivity index (χ4n) is 2.97. The minimum atomic E-state index is -0.0621. The van der Waals surface area contributed by atoms with Crippen molar-refractivity contribution in [1.82, 2.24) is 19.8 Å². The summed E-state index contributed by atoms with van der Waals surface area (Å²) in [5.41, 5.74) is 2.52. The normalized spacial score (nSPS) is 17.5. The number of piperidine rings is 1. The first-order valence-electron chi connectivity index (χ1n) is 9.23. The lowest BCUT2D eigenvalue weighted by molar-refractivity contribution is -0.131. The highest BCUT2D eigenvalue weighted by Crippen LogP contribution is 2.22. The molecular weight excluding hydrogens is 352 g/mol. The van der Waals surface area contributed by atoms with Crippen molar-refractivity contribution in [2.45, 2.75) is 6.42 Å². The van der Waals surface area contributed by atoms with E-state index in [1.54, 1.807) is 29.4 Å². The third-order valence-electron chi connectivity index (χ3n) is 4.45. The molecule has 0 aromatic carbocycles. The largest absolute Gasteiger partial charge is 0.334 e. The molecule has 3 rings (SSSR count). The molecule has 6 heteroatoms. The van der Waals surface area contributed by atoms with Gasteiger partial charge >= 0.3 is 0 Å². The molecule has 0 spiro atoms. The second kappa shape index (κ2) is 9.19. The molecule has 0 aliphatic carbocycles. The van der Waals surface area contributed by atoms with E-state index in [4.69, 9.17) is 0 Å². The van der Waals surface area contributed by atoms with Gasteiger partial charge in [-0.25, -0.2) is 0 Å². The molecule has 28 heavy (non-hydrogen) atoms. The standard InChI is InChI=1S/C22H24N4O2/c1-25(2)12-9-21(27)26-15-17(13-19-7-3-5-10-23-19)22(28)18(16-26)14-20-8-4-6-11-24-20/h3-8,10-11,13-14H,9,12,15-16H2,1-2H3/b17-13+,18-14+. The molecule has 1 amide bonds. The van der Waals surface area contributed by atoms with Crippen LogP contribution in [-0.2, 0) is 9.59 Å². The Morgan fingerprint density at radius 1 is 1.00 bits per heavy atom. The summed E-state index contributed by atoms with van der Waals surface area (Å²) in [5.74, 6) is -0.0343. The van der Waals surface area contributed by atoms with Crippen molar-refractivity contribution in [3.63, 3.8) is 0 Å². The zero-order valence-electron chi connectivity index (χ0n) is 16.2. The van der Waals surface area contributed by atoms with Gasteiger partial charge in [0.25, 0.3) is 0 Å². The number of hydrogen-bond donors (Lipinski definition) is 0. The number of likely N-dealkylation sites (tertiary alicyclic amines) is 1. The molecule has 0 unspecified atom stereocenters. The summed E-state index contributed by atoms with van der Waals surface area (Å²) in [5, 5.41) is 0. The van der Waals surface area contributed by atoms with Crippen molar-refractivity contribution in [3.05, 3.63) is 71.3 Å². The predicted octanol–water partition coefficient (Wildman–Crippen LogP) is 2.31. The number of amides is 1. The molecule has 0 atom stereocenters. The fraction of sp³-hybridized carbons (Fsp3) is 0.273.